The Labute approximate surface area is 93.4 Å². The van der Waals surface area contributed by atoms with Gasteiger partial charge in [0.05, 0.1) is 0 Å². The molecule has 0 aromatic heterocycles. The molecule has 16 heavy (non-hydrogen) atoms. The highest BCUT2D eigenvalue weighted by atomic mass is 16.5. The topological polar surface area (TPSA) is 64.6 Å². The Bertz CT molecular complexity index is 350. The quantitative estimate of drug-likeness (QED) is 0.778. The lowest BCUT2D eigenvalue weighted by molar-refractivity contribution is -0.143. The van der Waals surface area contributed by atoms with Crippen molar-refractivity contribution >= 4 is 12.1 Å². The number of hydrogen-bond donors (Lipinski definition) is 1. The number of carbonyl (C=O) groups excluding carboxylic acids is 2. The zero-order valence-corrected chi connectivity index (χ0v) is 8.64. The molecule has 0 fully saturated rings. The van der Waals surface area contributed by atoms with Gasteiger partial charge in [0, 0.05) is 0 Å². The third-order valence-corrected chi connectivity index (χ3v) is 1.75. The molecular formula is C11H12NO4. The van der Waals surface area contributed by atoms with Gasteiger partial charge in [0.25, 0.3) is 0 Å². The number of alkyl carbamates (subject to hydrolysis) is 1. The lowest BCUT2D eigenvalue weighted by atomic mass is 10.2. The predicted molar refractivity (Wildman–Crippen MR) is 56.1 cm³/mol. The summed E-state index contributed by atoms with van der Waals surface area (Å²) in [6.07, 6.45) is -0.767. The third kappa shape index (κ3) is 4.45. The Morgan fingerprint density at radius 1 is 1.25 bits per heavy atom. The SMILES string of the molecule is [CH2]OC(=O)NCC(=O)OCc1ccccc1. The Morgan fingerprint density at radius 3 is 2.56 bits per heavy atom. The third-order valence-electron chi connectivity index (χ3n) is 1.75. The molecule has 85 valence electrons. The van der Waals surface area contributed by atoms with Crippen LogP contribution in [-0.4, -0.2) is 18.6 Å². The normalized spacial score (nSPS) is 9.31. The van der Waals surface area contributed by atoms with Gasteiger partial charge < -0.3 is 14.8 Å². The molecule has 0 saturated heterocycles. The Balaban J connectivity index is 2.23. The van der Waals surface area contributed by atoms with Gasteiger partial charge >= 0.3 is 12.1 Å². The van der Waals surface area contributed by atoms with Crippen LogP contribution in [0, 0.1) is 7.11 Å². The number of esters is 1. The standard InChI is InChI=1S/C11H12NO4/c1-15-11(14)12-7-10(13)16-8-9-5-3-2-4-6-9/h2-6H,1,7-8H2,(H,12,14). The average molecular weight is 222 g/mol. The molecule has 1 aromatic carbocycles. The summed E-state index contributed by atoms with van der Waals surface area (Å²) in [6, 6.07) is 9.25. The van der Waals surface area contributed by atoms with E-state index in [2.05, 4.69) is 17.2 Å². The highest BCUT2D eigenvalue weighted by molar-refractivity contribution is 5.77. The first-order valence-corrected chi connectivity index (χ1v) is 4.62. The summed E-state index contributed by atoms with van der Waals surface area (Å²) in [5.74, 6) is -0.533. The molecular weight excluding hydrogens is 210 g/mol. The second-order valence-electron chi connectivity index (χ2n) is 2.93. The van der Waals surface area contributed by atoms with Crippen molar-refractivity contribution in [2.24, 2.45) is 0 Å². The van der Waals surface area contributed by atoms with Crippen molar-refractivity contribution in [1.82, 2.24) is 5.32 Å². The summed E-state index contributed by atoms with van der Waals surface area (Å²) in [7, 11) is 2.89. The van der Waals surface area contributed by atoms with E-state index >= 15 is 0 Å². The molecule has 0 spiro atoms. The maximum Gasteiger partial charge on any atom is 0.407 e. The summed E-state index contributed by atoms with van der Waals surface area (Å²) >= 11 is 0. The molecule has 5 nitrogen and oxygen atoms in total. The van der Waals surface area contributed by atoms with Crippen LogP contribution < -0.4 is 5.32 Å². The Morgan fingerprint density at radius 2 is 1.94 bits per heavy atom. The molecule has 0 aliphatic heterocycles. The van der Waals surface area contributed by atoms with Crippen LogP contribution in [0.3, 0.4) is 0 Å². The molecule has 0 heterocycles. The fourth-order valence-electron chi connectivity index (χ4n) is 0.984. The molecule has 0 bridgehead atoms. The van der Waals surface area contributed by atoms with Crippen LogP contribution in [-0.2, 0) is 20.9 Å². The predicted octanol–water partition coefficient (Wildman–Crippen LogP) is 1.25. The van der Waals surface area contributed by atoms with Gasteiger partial charge in [-0.3, -0.25) is 4.79 Å². The van der Waals surface area contributed by atoms with E-state index in [1.54, 1.807) is 0 Å². The highest BCUT2D eigenvalue weighted by Gasteiger charge is 2.05. The number of ether oxygens (including phenoxy) is 2. The van der Waals surface area contributed by atoms with Gasteiger partial charge in [0.1, 0.15) is 20.3 Å². The Kier molecular flexibility index (Phi) is 4.85. The minimum Gasteiger partial charge on any atom is -0.460 e. The van der Waals surface area contributed by atoms with Crippen molar-refractivity contribution < 1.29 is 19.1 Å². The molecule has 1 N–H and O–H groups in total. The molecule has 0 aliphatic carbocycles. The first-order chi connectivity index (χ1) is 7.72. The maximum atomic E-state index is 11.1. The van der Waals surface area contributed by atoms with Crippen molar-refractivity contribution in [3.63, 3.8) is 0 Å². The molecule has 0 atom stereocenters. The van der Waals surface area contributed by atoms with Gasteiger partial charge in [-0.1, -0.05) is 30.3 Å². The van der Waals surface area contributed by atoms with Crippen LogP contribution in [0.25, 0.3) is 0 Å². The first kappa shape index (κ1) is 12.0. The summed E-state index contributed by atoms with van der Waals surface area (Å²) in [5, 5.41) is 2.17. The second kappa shape index (κ2) is 6.44. The van der Waals surface area contributed by atoms with Crippen LogP contribution in [0.4, 0.5) is 4.79 Å². The lowest BCUT2D eigenvalue weighted by Crippen LogP contribution is -2.29. The molecule has 0 aliphatic rings. The minimum atomic E-state index is -0.767. The first-order valence-electron chi connectivity index (χ1n) is 4.62. The molecule has 1 radical (unpaired) electrons. The van der Waals surface area contributed by atoms with Gasteiger partial charge in [-0.2, -0.15) is 0 Å². The number of nitrogens with one attached hydrogen (secondary N) is 1. The van der Waals surface area contributed by atoms with Gasteiger partial charge in [0.15, 0.2) is 0 Å². The van der Waals surface area contributed by atoms with Gasteiger partial charge in [-0.15, -0.1) is 0 Å². The maximum absolute atomic E-state index is 11.1. The van der Waals surface area contributed by atoms with E-state index in [1.165, 1.54) is 0 Å². The molecule has 5 heteroatoms. The number of amides is 1. The van der Waals surface area contributed by atoms with Gasteiger partial charge in [-0.25, -0.2) is 4.79 Å². The summed E-state index contributed by atoms with van der Waals surface area (Å²) in [4.78, 5) is 21.7. The van der Waals surface area contributed by atoms with E-state index < -0.39 is 12.1 Å². The van der Waals surface area contributed by atoms with Crippen LogP contribution in [0.1, 0.15) is 5.56 Å². The minimum absolute atomic E-state index is 0.181. The van der Waals surface area contributed by atoms with E-state index in [4.69, 9.17) is 4.74 Å². The van der Waals surface area contributed by atoms with E-state index in [1.807, 2.05) is 30.3 Å². The van der Waals surface area contributed by atoms with Crippen LogP contribution in [0.5, 0.6) is 0 Å². The number of benzene rings is 1. The zero-order valence-electron chi connectivity index (χ0n) is 8.64. The van der Waals surface area contributed by atoms with E-state index in [-0.39, 0.29) is 13.2 Å². The fraction of sp³-hybridized carbons (Fsp3) is 0.182. The Hall–Kier alpha value is -2.04. The van der Waals surface area contributed by atoms with Crippen molar-refractivity contribution in [2.45, 2.75) is 6.61 Å². The van der Waals surface area contributed by atoms with E-state index in [0.29, 0.717) is 0 Å². The zero-order chi connectivity index (χ0) is 11.8. The van der Waals surface area contributed by atoms with Gasteiger partial charge in [-0.05, 0) is 5.56 Å². The molecule has 1 amide bonds. The van der Waals surface area contributed by atoms with Crippen LogP contribution >= 0.6 is 0 Å². The molecule has 1 aromatic rings. The largest absolute Gasteiger partial charge is 0.460 e. The van der Waals surface area contributed by atoms with Gasteiger partial charge in [0.2, 0.25) is 0 Å². The van der Waals surface area contributed by atoms with Crippen molar-refractivity contribution in [1.29, 1.82) is 0 Å². The van der Waals surface area contributed by atoms with Crippen molar-refractivity contribution in [3.05, 3.63) is 43.0 Å². The monoisotopic (exact) mass is 222 g/mol. The highest BCUT2D eigenvalue weighted by Crippen LogP contribution is 2.00. The number of carbonyl (C=O) groups is 2. The van der Waals surface area contributed by atoms with E-state index in [9.17, 15) is 9.59 Å². The molecule has 1 rings (SSSR count). The smallest absolute Gasteiger partial charge is 0.407 e. The van der Waals surface area contributed by atoms with E-state index in [0.717, 1.165) is 5.56 Å². The van der Waals surface area contributed by atoms with Crippen molar-refractivity contribution in [2.75, 3.05) is 6.54 Å². The summed E-state index contributed by atoms with van der Waals surface area (Å²) < 4.78 is 8.95. The lowest BCUT2D eigenvalue weighted by Gasteiger charge is -2.05. The van der Waals surface area contributed by atoms with Crippen LogP contribution in [0.2, 0.25) is 0 Å². The second-order valence-corrected chi connectivity index (χ2v) is 2.93. The molecule has 0 saturated carbocycles. The van der Waals surface area contributed by atoms with Crippen molar-refractivity contribution in [3.8, 4) is 0 Å². The fourth-order valence-corrected chi connectivity index (χ4v) is 0.984. The summed E-state index contributed by atoms with van der Waals surface area (Å²) in [5.41, 5.74) is 0.885. The number of rotatable bonds is 4. The average Bonchev–Trinajstić information content (AvgIpc) is 2.34. The van der Waals surface area contributed by atoms with Crippen LogP contribution in [0.15, 0.2) is 30.3 Å². The summed E-state index contributed by atoms with van der Waals surface area (Å²) in [6.45, 7) is -0.0536. The number of hydrogen-bond acceptors (Lipinski definition) is 4. The molecule has 0 unspecified atom stereocenters.